The highest BCUT2D eigenvalue weighted by Gasteiger charge is 2.61. The summed E-state index contributed by atoms with van der Waals surface area (Å²) in [5, 5.41) is 32.6. The molecule has 4 aliphatic rings. The first kappa shape index (κ1) is 23.5. The van der Waals surface area contributed by atoms with Crippen molar-refractivity contribution in [1.82, 2.24) is 0 Å². The van der Waals surface area contributed by atoms with Gasteiger partial charge >= 0.3 is 0 Å². The zero-order chi connectivity index (χ0) is 22.8. The van der Waals surface area contributed by atoms with Crippen molar-refractivity contribution < 1.29 is 15.3 Å². The fraction of sp³-hybridized carbons (Fsp3) is 0.857. The van der Waals surface area contributed by atoms with Crippen molar-refractivity contribution >= 4 is 0 Å². The molecular weight excluding hydrogens is 384 g/mol. The summed E-state index contributed by atoms with van der Waals surface area (Å²) >= 11 is 0. The normalized spacial score (nSPS) is 46.5. The van der Waals surface area contributed by atoms with Crippen molar-refractivity contribution in [1.29, 1.82) is 0 Å². The number of rotatable bonds is 5. The van der Waals surface area contributed by atoms with E-state index in [9.17, 15) is 15.3 Å². The summed E-state index contributed by atoms with van der Waals surface area (Å²) in [6, 6.07) is 0. The molecule has 31 heavy (non-hydrogen) atoms. The summed E-state index contributed by atoms with van der Waals surface area (Å²) in [5.41, 5.74) is 1.94. The molecule has 3 heteroatoms. The van der Waals surface area contributed by atoms with Crippen molar-refractivity contribution in [3.05, 3.63) is 23.8 Å². The highest BCUT2D eigenvalue weighted by molar-refractivity contribution is 5.29. The van der Waals surface area contributed by atoms with Crippen LogP contribution in [0, 0.1) is 40.4 Å². The largest absolute Gasteiger partial charge is 0.390 e. The third-order valence-electron chi connectivity index (χ3n) is 10.7. The Kier molecular flexibility index (Phi) is 6.06. The minimum Gasteiger partial charge on any atom is -0.390 e. The predicted molar refractivity (Wildman–Crippen MR) is 126 cm³/mol. The Hall–Kier alpha value is -0.640. The molecule has 0 bridgehead atoms. The molecule has 0 aliphatic heterocycles. The third kappa shape index (κ3) is 3.67. The SMILES string of the molecule is C=C(CC[C@](C)(O)[C@H]1CC[C@H]2[C@@H]3CC=C4[C@@H](O)[C@@H](O)CC[C@]4(C)[C@H]3CC[C@@]21C)C(C)C. The molecule has 3 saturated carbocycles. The Bertz CT molecular complexity index is 737. The number of hydrogen-bond donors (Lipinski definition) is 3. The van der Waals surface area contributed by atoms with Gasteiger partial charge in [-0.2, -0.15) is 0 Å². The standard InChI is InChI=1S/C28H46O3/c1-17(2)18(3)11-16-28(6,31)24-10-9-20-19-7-8-22-25(30)23(29)13-15-26(22,4)21(19)12-14-27(20,24)5/h8,17,19-21,23-25,29-31H,3,7,9-16H2,1-2,4-6H3/t19-,20-,21-,23-,24-,25+,26+,27-,28-/m0/s1. The van der Waals surface area contributed by atoms with Gasteiger partial charge in [-0.05, 0) is 111 Å². The van der Waals surface area contributed by atoms with E-state index in [0.29, 0.717) is 36.0 Å². The quantitative estimate of drug-likeness (QED) is 0.495. The maximum atomic E-state index is 11.6. The molecule has 4 rings (SSSR count). The second-order valence-corrected chi connectivity index (χ2v) is 12.6. The molecule has 3 N–H and O–H groups in total. The minimum absolute atomic E-state index is 0.0263. The van der Waals surface area contributed by atoms with Gasteiger partial charge < -0.3 is 15.3 Å². The lowest BCUT2D eigenvalue weighted by Crippen LogP contribution is -2.55. The van der Waals surface area contributed by atoms with Gasteiger partial charge in [-0.25, -0.2) is 0 Å². The molecule has 0 aromatic heterocycles. The van der Waals surface area contributed by atoms with E-state index in [2.05, 4.69) is 47.3 Å². The van der Waals surface area contributed by atoms with Crippen molar-refractivity contribution in [3.8, 4) is 0 Å². The molecule has 0 saturated heterocycles. The molecule has 0 unspecified atom stereocenters. The summed E-state index contributed by atoms with van der Waals surface area (Å²) < 4.78 is 0. The van der Waals surface area contributed by atoms with Gasteiger partial charge in [-0.15, -0.1) is 0 Å². The molecule has 0 spiro atoms. The Balaban J connectivity index is 1.55. The first-order valence-corrected chi connectivity index (χ1v) is 12.9. The van der Waals surface area contributed by atoms with Gasteiger partial charge in [0.2, 0.25) is 0 Å². The number of allylic oxidation sites excluding steroid dienone is 2. The average molecular weight is 431 g/mol. The zero-order valence-electron chi connectivity index (χ0n) is 20.5. The fourth-order valence-corrected chi connectivity index (χ4v) is 8.62. The summed E-state index contributed by atoms with van der Waals surface area (Å²) in [4.78, 5) is 0. The summed E-state index contributed by atoms with van der Waals surface area (Å²) in [6.07, 6.45) is 10.2. The summed E-state index contributed by atoms with van der Waals surface area (Å²) in [5.74, 6) is 2.71. The number of aliphatic hydroxyl groups is 3. The van der Waals surface area contributed by atoms with E-state index in [1.807, 2.05) is 0 Å². The van der Waals surface area contributed by atoms with Crippen LogP contribution in [0.2, 0.25) is 0 Å². The maximum Gasteiger partial charge on any atom is 0.101 e. The van der Waals surface area contributed by atoms with Gasteiger partial charge in [0.05, 0.1) is 11.7 Å². The van der Waals surface area contributed by atoms with Crippen LogP contribution in [0.1, 0.15) is 92.4 Å². The first-order chi connectivity index (χ1) is 14.4. The molecule has 0 aromatic rings. The number of fused-ring (bicyclic) bond motifs is 5. The van der Waals surface area contributed by atoms with Crippen LogP contribution in [0.25, 0.3) is 0 Å². The molecule has 0 radical (unpaired) electrons. The lowest BCUT2D eigenvalue weighted by Gasteiger charge is -2.59. The van der Waals surface area contributed by atoms with E-state index in [4.69, 9.17) is 0 Å². The molecular formula is C28H46O3. The Morgan fingerprint density at radius 3 is 2.52 bits per heavy atom. The minimum atomic E-state index is -0.681. The summed E-state index contributed by atoms with van der Waals surface area (Å²) in [7, 11) is 0. The monoisotopic (exact) mass is 430 g/mol. The average Bonchev–Trinajstić information content (AvgIpc) is 3.07. The van der Waals surface area contributed by atoms with Gasteiger partial charge in [-0.1, -0.05) is 45.9 Å². The van der Waals surface area contributed by atoms with Crippen molar-refractivity contribution in [2.75, 3.05) is 0 Å². The second-order valence-electron chi connectivity index (χ2n) is 12.6. The van der Waals surface area contributed by atoms with E-state index in [1.54, 1.807) is 0 Å². The van der Waals surface area contributed by atoms with Crippen LogP contribution in [0.3, 0.4) is 0 Å². The lowest BCUT2D eigenvalue weighted by atomic mass is 9.46. The van der Waals surface area contributed by atoms with Crippen LogP contribution in [0.5, 0.6) is 0 Å². The van der Waals surface area contributed by atoms with Gasteiger partial charge in [-0.3, -0.25) is 0 Å². The lowest BCUT2D eigenvalue weighted by molar-refractivity contribution is -0.111. The maximum absolute atomic E-state index is 11.6. The van der Waals surface area contributed by atoms with Crippen molar-refractivity contribution in [3.63, 3.8) is 0 Å². The van der Waals surface area contributed by atoms with Gasteiger partial charge in [0.1, 0.15) is 6.10 Å². The van der Waals surface area contributed by atoms with E-state index in [1.165, 1.54) is 24.8 Å². The third-order valence-corrected chi connectivity index (χ3v) is 10.7. The van der Waals surface area contributed by atoms with E-state index in [-0.39, 0.29) is 10.8 Å². The Morgan fingerprint density at radius 2 is 1.84 bits per heavy atom. The van der Waals surface area contributed by atoms with Gasteiger partial charge in [0.25, 0.3) is 0 Å². The van der Waals surface area contributed by atoms with Crippen LogP contribution >= 0.6 is 0 Å². The summed E-state index contributed by atoms with van der Waals surface area (Å²) in [6.45, 7) is 15.5. The predicted octanol–water partition coefficient (Wildman–Crippen LogP) is 5.64. The van der Waals surface area contributed by atoms with Crippen LogP contribution in [0.4, 0.5) is 0 Å². The van der Waals surface area contributed by atoms with Gasteiger partial charge in [0, 0.05) is 0 Å². The van der Waals surface area contributed by atoms with E-state index < -0.39 is 17.8 Å². The Morgan fingerprint density at radius 1 is 1.13 bits per heavy atom. The van der Waals surface area contributed by atoms with Crippen LogP contribution < -0.4 is 0 Å². The number of hydrogen-bond acceptors (Lipinski definition) is 3. The molecule has 3 nitrogen and oxygen atoms in total. The molecule has 0 heterocycles. The Labute approximate surface area is 190 Å². The van der Waals surface area contributed by atoms with E-state index in [0.717, 1.165) is 37.7 Å². The van der Waals surface area contributed by atoms with Crippen molar-refractivity contribution in [2.24, 2.45) is 40.4 Å². The highest BCUT2D eigenvalue weighted by atomic mass is 16.3. The van der Waals surface area contributed by atoms with Crippen LogP contribution in [-0.4, -0.2) is 33.1 Å². The molecule has 0 amide bonds. The molecule has 4 aliphatic carbocycles. The topological polar surface area (TPSA) is 60.7 Å². The fourth-order valence-electron chi connectivity index (χ4n) is 8.62. The smallest absolute Gasteiger partial charge is 0.101 e. The number of aliphatic hydroxyl groups excluding tert-OH is 2. The zero-order valence-corrected chi connectivity index (χ0v) is 20.5. The van der Waals surface area contributed by atoms with Crippen LogP contribution in [-0.2, 0) is 0 Å². The van der Waals surface area contributed by atoms with Gasteiger partial charge in [0.15, 0.2) is 0 Å². The molecule has 176 valence electrons. The second kappa shape index (κ2) is 7.99. The van der Waals surface area contributed by atoms with Crippen molar-refractivity contribution in [2.45, 2.75) is 110 Å². The molecule has 9 atom stereocenters. The molecule has 0 aromatic carbocycles. The molecule has 3 fully saturated rings. The highest BCUT2D eigenvalue weighted by Crippen LogP contribution is 2.67. The van der Waals surface area contributed by atoms with Crippen LogP contribution in [0.15, 0.2) is 23.8 Å². The van der Waals surface area contributed by atoms with E-state index >= 15 is 0 Å². The first-order valence-electron chi connectivity index (χ1n) is 12.9.